The van der Waals surface area contributed by atoms with Crippen LogP contribution in [0.1, 0.15) is 13.3 Å². The first kappa shape index (κ1) is 19.7. The number of amides is 1. The molecule has 0 aliphatic carbocycles. The molecule has 0 aromatic heterocycles. The topological polar surface area (TPSA) is 77.9 Å². The Morgan fingerprint density at radius 3 is 2.12 bits per heavy atom. The minimum Gasteiger partial charge on any atom is -0.380 e. The van der Waals surface area contributed by atoms with Crippen LogP contribution in [0.4, 0.5) is 13.2 Å². The van der Waals surface area contributed by atoms with Crippen LogP contribution in [-0.2, 0) is 14.8 Å². The summed E-state index contributed by atoms with van der Waals surface area (Å²) in [6.07, 6.45) is -6.01. The second kappa shape index (κ2) is 6.93. The Balaban J connectivity index is 1.99. The predicted octanol–water partition coefficient (Wildman–Crippen LogP) is 1.22. The number of aliphatic hydroxyl groups is 1. The van der Waals surface area contributed by atoms with Crippen molar-refractivity contribution in [1.82, 2.24) is 9.21 Å². The second-order valence-electron chi connectivity index (χ2n) is 6.05. The Bertz CT molecular complexity index is 712. The van der Waals surface area contributed by atoms with Crippen molar-refractivity contribution >= 4 is 15.9 Å². The quantitative estimate of drug-likeness (QED) is 0.852. The number of hydrogen-bond acceptors (Lipinski definition) is 4. The minimum atomic E-state index is -4.92. The standard InChI is InChI=1S/C15H19F3N2O4S/c1-14(22,15(16,17)18)11-13(21)19-7-9-20(10-8-19)25(23,24)12-5-3-2-4-6-12/h2-6,22H,7-11H2,1H3/t14-/m0/s1. The molecule has 25 heavy (non-hydrogen) atoms. The molecule has 1 heterocycles. The van der Waals surface area contributed by atoms with Crippen molar-refractivity contribution in [2.45, 2.75) is 30.0 Å². The van der Waals surface area contributed by atoms with Gasteiger partial charge in [0.15, 0.2) is 5.60 Å². The van der Waals surface area contributed by atoms with Gasteiger partial charge < -0.3 is 10.0 Å². The van der Waals surface area contributed by atoms with Crippen molar-refractivity contribution in [3.8, 4) is 0 Å². The first-order valence-electron chi connectivity index (χ1n) is 7.57. The molecule has 10 heteroatoms. The van der Waals surface area contributed by atoms with E-state index >= 15 is 0 Å². The Labute approximate surface area is 143 Å². The van der Waals surface area contributed by atoms with Gasteiger partial charge in [-0.3, -0.25) is 4.79 Å². The van der Waals surface area contributed by atoms with Crippen molar-refractivity contribution in [2.24, 2.45) is 0 Å². The summed E-state index contributed by atoms with van der Waals surface area (Å²) in [7, 11) is -3.70. The van der Waals surface area contributed by atoms with Gasteiger partial charge in [-0.1, -0.05) is 18.2 Å². The van der Waals surface area contributed by atoms with Crippen molar-refractivity contribution in [2.75, 3.05) is 26.2 Å². The van der Waals surface area contributed by atoms with Gasteiger partial charge in [0.05, 0.1) is 11.3 Å². The van der Waals surface area contributed by atoms with Gasteiger partial charge in [-0.25, -0.2) is 8.42 Å². The first-order valence-corrected chi connectivity index (χ1v) is 9.01. The summed E-state index contributed by atoms with van der Waals surface area (Å²) in [5.74, 6) is -0.862. The molecule has 2 rings (SSSR count). The average Bonchev–Trinajstić information content (AvgIpc) is 2.54. The SMILES string of the molecule is C[C@](O)(CC(=O)N1CCN(S(=O)(=O)c2ccccc2)CC1)C(F)(F)F. The molecule has 1 aromatic rings. The Hall–Kier alpha value is -1.65. The number of rotatable bonds is 4. The Morgan fingerprint density at radius 1 is 1.12 bits per heavy atom. The van der Waals surface area contributed by atoms with Crippen LogP contribution in [0.2, 0.25) is 0 Å². The third kappa shape index (κ3) is 4.31. The third-order valence-corrected chi connectivity index (χ3v) is 5.99. The van der Waals surface area contributed by atoms with Crippen LogP contribution in [0.5, 0.6) is 0 Å². The second-order valence-corrected chi connectivity index (χ2v) is 7.98. The molecule has 0 unspecified atom stereocenters. The maximum Gasteiger partial charge on any atom is 0.417 e. The molecule has 1 amide bonds. The van der Waals surface area contributed by atoms with Crippen LogP contribution < -0.4 is 0 Å². The molecular formula is C15H19F3N2O4S. The number of nitrogens with zero attached hydrogens (tertiary/aromatic N) is 2. The number of benzene rings is 1. The maximum absolute atomic E-state index is 12.7. The molecule has 1 N–H and O–H groups in total. The van der Waals surface area contributed by atoms with E-state index in [1.165, 1.54) is 16.4 Å². The molecule has 1 aromatic carbocycles. The molecule has 0 radical (unpaired) electrons. The number of carbonyl (C=O) groups excluding carboxylic acids is 1. The van der Waals surface area contributed by atoms with E-state index in [4.69, 9.17) is 0 Å². The van der Waals surface area contributed by atoms with E-state index < -0.39 is 34.1 Å². The fourth-order valence-corrected chi connectivity index (χ4v) is 3.87. The van der Waals surface area contributed by atoms with Crippen LogP contribution in [0, 0.1) is 0 Å². The smallest absolute Gasteiger partial charge is 0.380 e. The lowest BCUT2D eigenvalue weighted by Gasteiger charge is -2.35. The molecule has 0 spiro atoms. The zero-order valence-corrected chi connectivity index (χ0v) is 14.3. The number of piperazine rings is 1. The highest BCUT2D eigenvalue weighted by Gasteiger charge is 2.51. The largest absolute Gasteiger partial charge is 0.417 e. The molecule has 0 bridgehead atoms. The molecular weight excluding hydrogens is 361 g/mol. The third-order valence-electron chi connectivity index (χ3n) is 4.08. The highest BCUT2D eigenvalue weighted by Crippen LogP contribution is 2.33. The maximum atomic E-state index is 12.7. The lowest BCUT2D eigenvalue weighted by molar-refractivity contribution is -0.254. The average molecular weight is 380 g/mol. The summed E-state index contributed by atoms with van der Waals surface area (Å²) in [4.78, 5) is 13.2. The van der Waals surface area contributed by atoms with Gasteiger partial charge in [-0.2, -0.15) is 17.5 Å². The first-order chi connectivity index (χ1) is 11.4. The van der Waals surface area contributed by atoms with Crippen molar-refractivity contribution in [3.05, 3.63) is 30.3 Å². The molecule has 1 aliphatic heterocycles. The van der Waals surface area contributed by atoms with Crippen LogP contribution >= 0.6 is 0 Å². The molecule has 1 aliphatic rings. The van der Waals surface area contributed by atoms with Gasteiger partial charge in [-0.05, 0) is 19.1 Å². The van der Waals surface area contributed by atoms with Crippen LogP contribution in [0.25, 0.3) is 0 Å². The molecule has 0 saturated carbocycles. The zero-order chi connectivity index (χ0) is 18.9. The summed E-state index contributed by atoms with van der Waals surface area (Å²) in [5, 5.41) is 9.40. The normalized spacial score (nSPS) is 19.5. The van der Waals surface area contributed by atoms with Gasteiger partial charge >= 0.3 is 6.18 Å². The summed E-state index contributed by atoms with van der Waals surface area (Å²) < 4.78 is 64.1. The van der Waals surface area contributed by atoms with Crippen molar-refractivity contribution in [3.63, 3.8) is 0 Å². The van der Waals surface area contributed by atoms with Gasteiger partial charge in [0.1, 0.15) is 0 Å². The summed E-state index contributed by atoms with van der Waals surface area (Å²) in [5.41, 5.74) is -3.11. The van der Waals surface area contributed by atoms with E-state index in [0.29, 0.717) is 6.92 Å². The molecule has 1 fully saturated rings. The van der Waals surface area contributed by atoms with E-state index in [9.17, 15) is 31.5 Å². The lowest BCUT2D eigenvalue weighted by atomic mass is 10.0. The van der Waals surface area contributed by atoms with Crippen molar-refractivity contribution < 1.29 is 31.5 Å². The monoisotopic (exact) mass is 380 g/mol. The Morgan fingerprint density at radius 2 is 1.64 bits per heavy atom. The van der Waals surface area contributed by atoms with E-state index in [-0.39, 0.29) is 31.1 Å². The highest BCUT2D eigenvalue weighted by atomic mass is 32.2. The van der Waals surface area contributed by atoms with E-state index in [0.717, 1.165) is 4.90 Å². The molecule has 6 nitrogen and oxygen atoms in total. The number of carbonyl (C=O) groups is 1. The summed E-state index contributed by atoms with van der Waals surface area (Å²) >= 11 is 0. The lowest BCUT2D eigenvalue weighted by Crippen LogP contribution is -2.53. The van der Waals surface area contributed by atoms with Crippen LogP contribution in [-0.4, -0.2) is 66.6 Å². The van der Waals surface area contributed by atoms with Gasteiger partial charge in [0.25, 0.3) is 0 Å². The number of halogens is 3. The van der Waals surface area contributed by atoms with Gasteiger partial charge in [-0.15, -0.1) is 0 Å². The predicted molar refractivity (Wildman–Crippen MR) is 83.1 cm³/mol. The number of sulfonamides is 1. The van der Waals surface area contributed by atoms with Crippen LogP contribution in [0.15, 0.2) is 35.2 Å². The zero-order valence-electron chi connectivity index (χ0n) is 13.5. The van der Waals surface area contributed by atoms with Gasteiger partial charge in [0, 0.05) is 26.2 Å². The van der Waals surface area contributed by atoms with E-state index in [2.05, 4.69) is 0 Å². The van der Waals surface area contributed by atoms with Gasteiger partial charge in [0.2, 0.25) is 15.9 Å². The molecule has 1 atom stereocenters. The Kier molecular flexibility index (Phi) is 5.45. The van der Waals surface area contributed by atoms with E-state index in [1.807, 2.05) is 0 Å². The summed E-state index contributed by atoms with van der Waals surface area (Å²) in [6.45, 7) is 0.451. The fourth-order valence-electron chi connectivity index (χ4n) is 2.43. The van der Waals surface area contributed by atoms with Crippen LogP contribution in [0.3, 0.4) is 0 Å². The highest BCUT2D eigenvalue weighted by molar-refractivity contribution is 7.89. The molecule has 1 saturated heterocycles. The summed E-state index contributed by atoms with van der Waals surface area (Å²) in [6, 6.07) is 7.76. The molecule has 140 valence electrons. The fraction of sp³-hybridized carbons (Fsp3) is 0.533. The van der Waals surface area contributed by atoms with E-state index in [1.54, 1.807) is 18.2 Å². The number of alkyl halides is 3. The van der Waals surface area contributed by atoms with Crippen molar-refractivity contribution in [1.29, 1.82) is 0 Å². The number of hydrogen-bond donors (Lipinski definition) is 1. The minimum absolute atomic E-state index is 0.0167.